The highest BCUT2D eigenvalue weighted by Gasteiger charge is 2.66. The second-order valence-corrected chi connectivity index (χ2v) is 17.0. The predicted molar refractivity (Wildman–Crippen MR) is 186 cm³/mol. The van der Waals surface area contributed by atoms with Gasteiger partial charge in [0.15, 0.2) is 18.4 Å². The van der Waals surface area contributed by atoms with E-state index in [0.717, 1.165) is 75.6 Å². The van der Waals surface area contributed by atoms with Crippen molar-refractivity contribution in [1.29, 1.82) is 0 Å². The molecule has 0 radical (unpaired) electrons. The molecule has 10 rings (SSSR count). The Balaban J connectivity index is 0.000000134. The van der Waals surface area contributed by atoms with Crippen molar-refractivity contribution < 1.29 is 33.5 Å². The predicted octanol–water partition coefficient (Wildman–Crippen LogP) is 8.26. The molecule has 0 amide bonds. The SMILES string of the molecule is COCOc1ccc2c(c1)CCC1C2CC[C@@]2(C)C1CCC21OCCO1.C[C@]12CCC3c4ccc(O)cc4CCC3C1CCC21OCCO1. The first-order valence-electron chi connectivity index (χ1n) is 19.4. The van der Waals surface area contributed by atoms with Crippen molar-refractivity contribution in [2.75, 3.05) is 40.3 Å². The first-order valence-corrected chi connectivity index (χ1v) is 19.4. The second-order valence-electron chi connectivity index (χ2n) is 17.0. The lowest BCUT2D eigenvalue weighted by Gasteiger charge is -2.52. The van der Waals surface area contributed by atoms with E-state index in [1.54, 1.807) is 12.7 Å². The van der Waals surface area contributed by atoms with Gasteiger partial charge in [0, 0.05) is 30.8 Å². The maximum Gasteiger partial charge on any atom is 0.188 e. The van der Waals surface area contributed by atoms with Crippen LogP contribution in [0, 0.1) is 34.5 Å². The Morgan fingerprint density at radius 2 is 1.16 bits per heavy atom. The van der Waals surface area contributed by atoms with Gasteiger partial charge in [0.25, 0.3) is 0 Å². The summed E-state index contributed by atoms with van der Waals surface area (Å²) in [5.74, 6) is 5.04. The van der Waals surface area contributed by atoms with Gasteiger partial charge in [-0.25, -0.2) is 0 Å². The van der Waals surface area contributed by atoms with Crippen LogP contribution < -0.4 is 4.74 Å². The highest BCUT2D eigenvalue weighted by Crippen LogP contribution is 2.67. The molecule has 8 atom stereocenters. The van der Waals surface area contributed by atoms with E-state index in [4.69, 9.17) is 28.4 Å². The molecule has 2 aliphatic heterocycles. The summed E-state index contributed by atoms with van der Waals surface area (Å²) >= 11 is 0. The molecule has 4 saturated carbocycles. The summed E-state index contributed by atoms with van der Waals surface area (Å²) in [6.45, 7) is 8.25. The Morgan fingerprint density at radius 3 is 1.69 bits per heavy atom. The van der Waals surface area contributed by atoms with Crippen LogP contribution in [0.25, 0.3) is 0 Å². The monoisotopic (exact) mass is 672 g/mol. The number of ether oxygens (including phenoxy) is 6. The molecule has 266 valence electrons. The lowest BCUT2D eigenvalue weighted by Crippen LogP contribution is -2.51. The average molecular weight is 673 g/mol. The van der Waals surface area contributed by atoms with E-state index in [1.165, 1.54) is 68.1 Å². The highest BCUT2D eigenvalue weighted by atomic mass is 16.7. The number of hydrogen-bond donors (Lipinski definition) is 1. The van der Waals surface area contributed by atoms with E-state index in [-0.39, 0.29) is 22.4 Å². The summed E-state index contributed by atoms with van der Waals surface area (Å²) in [5.41, 5.74) is 6.26. The molecular weight excluding hydrogens is 616 g/mol. The van der Waals surface area contributed by atoms with Gasteiger partial charge in [0.1, 0.15) is 11.5 Å². The quantitative estimate of drug-likeness (QED) is 0.329. The number of aryl methyl sites for hydroxylation is 2. The molecule has 6 fully saturated rings. The number of rotatable bonds is 3. The van der Waals surface area contributed by atoms with Crippen molar-refractivity contribution in [3.63, 3.8) is 0 Å². The minimum Gasteiger partial charge on any atom is -0.508 e. The zero-order valence-electron chi connectivity index (χ0n) is 29.8. The molecular formula is C42H56O7. The third kappa shape index (κ3) is 4.92. The number of phenolic OH excluding ortho intramolecular Hbond substituents is 1. The smallest absolute Gasteiger partial charge is 0.188 e. The van der Waals surface area contributed by atoms with E-state index in [2.05, 4.69) is 38.1 Å². The van der Waals surface area contributed by atoms with Gasteiger partial charge in [-0.15, -0.1) is 0 Å². The Morgan fingerprint density at radius 1 is 0.653 bits per heavy atom. The first kappa shape index (κ1) is 32.7. The number of methoxy groups -OCH3 is 1. The largest absolute Gasteiger partial charge is 0.508 e. The maximum atomic E-state index is 9.78. The van der Waals surface area contributed by atoms with Gasteiger partial charge >= 0.3 is 0 Å². The highest BCUT2D eigenvalue weighted by molar-refractivity contribution is 5.42. The fourth-order valence-corrected chi connectivity index (χ4v) is 13.1. The van der Waals surface area contributed by atoms with E-state index in [0.29, 0.717) is 30.3 Å². The third-order valence-corrected chi connectivity index (χ3v) is 15.3. The van der Waals surface area contributed by atoms with E-state index >= 15 is 0 Å². The Labute approximate surface area is 292 Å². The molecule has 2 aromatic carbocycles. The lowest BCUT2D eigenvalue weighted by molar-refractivity contribution is -0.237. The zero-order valence-corrected chi connectivity index (χ0v) is 29.8. The van der Waals surface area contributed by atoms with Gasteiger partial charge in [0.2, 0.25) is 0 Å². The molecule has 2 saturated heterocycles. The minimum atomic E-state index is -0.294. The van der Waals surface area contributed by atoms with E-state index in [1.807, 2.05) is 12.1 Å². The van der Waals surface area contributed by atoms with Gasteiger partial charge in [-0.3, -0.25) is 0 Å². The van der Waals surface area contributed by atoms with Gasteiger partial charge in [-0.2, -0.15) is 0 Å². The number of aromatic hydroxyl groups is 1. The Hall–Kier alpha value is -2.16. The lowest BCUT2D eigenvalue weighted by atomic mass is 9.55. The van der Waals surface area contributed by atoms with Gasteiger partial charge < -0.3 is 33.5 Å². The summed E-state index contributed by atoms with van der Waals surface area (Å²) in [4.78, 5) is 0. The topological polar surface area (TPSA) is 75.6 Å². The summed E-state index contributed by atoms with van der Waals surface area (Å²) < 4.78 is 35.5. The fourth-order valence-electron chi connectivity index (χ4n) is 13.1. The molecule has 2 aromatic rings. The molecule has 7 nitrogen and oxygen atoms in total. The van der Waals surface area contributed by atoms with Crippen LogP contribution in [-0.4, -0.2) is 57.0 Å². The molecule has 8 aliphatic rings. The van der Waals surface area contributed by atoms with Crippen molar-refractivity contribution in [3.8, 4) is 11.5 Å². The summed E-state index contributed by atoms with van der Waals surface area (Å²) in [7, 11) is 1.66. The second kappa shape index (κ2) is 12.2. The minimum absolute atomic E-state index is 0.180. The Bertz CT molecular complexity index is 1540. The molecule has 2 spiro atoms. The van der Waals surface area contributed by atoms with Crippen LogP contribution in [0.15, 0.2) is 36.4 Å². The molecule has 6 aliphatic carbocycles. The summed E-state index contributed by atoms with van der Waals surface area (Å²) in [6.07, 6.45) is 14.3. The normalized spacial score (nSPS) is 38.8. The average Bonchev–Trinajstić information content (AvgIpc) is 3.92. The number of benzene rings is 2. The van der Waals surface area contributed by atoms with E-state index in [9.17, 15) is 5.11 Å². The molecule has 0 aromatic heterocycles. The molecule has 6 unspecified atom stereocenters. The van der Waals surface area contributed by atoms with Crippen molar-refractivity contribution in [2.24, 2.45) is 34.5 Å². The Kier molecular flexibility index (Phi) is 8.16. The summed E-state index contributed by atoms with van der Waals surface area (Å²) in [6, 6.07) is 12.7. The van der Waals surface area contributed by atoms with Crippen LogP contribution in [0.4, 0.5) is 0 Å². The van der Waals surface area contributed by atoms with Crippen LogP contribution in [0.5, 0.6) is 11.5 Å². The standard InChI is InChI=1S/C22H30O4.C20H26O3/c1-21-9-7-18-17-6-4-16(24-14-23-2)13-15(17)3-5-19(18)20(21)8-10-22(21)25-11-12-26-22;1-19-8-6-16-15-5-3-14(21)12-13(15)2-4-17(16)18(19)7-9-20(19)22-10-11-23-20/h4,6,13,18-20H,3,5,7-12,14H2,1-2H3;3,5,12,16-18,21H,2,4,6-11H2,1H3/t18?,19?,20?,21-;16?,17?,18?,19-/m00/s1. The fraction of sp³-hybridized carbons (Fsp3) is 0.714. The van der Waals surface area contributed by atoms with Crippen molar-refractivity contribution in [1.82, 2.24) is 0 Å². The molecule has 7 heteroatoms. The first-order chi connectivity index (χ1) is 23.8. The van der Waals surface area contributed by atoms with Gasteiger partial charge in [-0.05, 0) is 146 Å². The van der Waals surface area contributed by atoms with Crippen molar-refractivity contribution in [3.05, 3.63) is 58.7 Å². The molecule has 2 heterocycles. The van der Waals surface area contributed by atoms with E-state index < -0.39 is 0 Å². The van der Waals surface area contributed by atoms with Crippen LogP contribution in [-0.2, 0) is 36.5 Å². The number of phenols is 1. The molecule has 49 heavy (non-hydrogen) atoms. The summed E-state index contributed by atoms with van der Waals surface area (Å²) in [5, 5.41) is 9.78. The van der Waals surface area contributed by atoms with Gasteiger partial charge in [0.05, 0.1) is 26.4 Å². The van der Waals surface area contributed by atoms with Gasteiger partial charge in [-0.1, -0.05) is 26.0 Å². The van der Waals surface area contributed by atoms with Crippen LogP contribution >= 0.6 is 0 Å². The van der Waals surface area contributed by atoms with Crippen molar-refractivity contribution in [2.45, 2.75) is 114 Å². The third-order valence-electron chi connectivity index (χ3n) is 15.3. The van der Waals surface area contributed by atoms with Crippen LogP contribution in [0.3, 0.4) is 0 Å². The number of fused-ring (bicyclic) bond motifs is 12. The molecule has 1 N–H and O–H groups in total. The maximum absolute atomic E-state index is 9.78. The van der Waals surface area contributed by atoms with Crippen LogP contribution in [0.2, 0.25) is 0 Å². The van der Waals surface area contributed by atoms with Crippen LogP contribution in [0.1, 0.15) is 112 Å². The molecule has 0 bridgehead atoms. The number of hydrogen-bond acceptors (Lipinski definition) is 7. The zero-order chi connectivity index (χ0) is 33.4. The van der Waals surface area contributed by atoms with Crippen molar-refractivity contribution >= 4 is 0 Å².